The molecule has 0 saturated carbocycles. The lowest BCUT2D eigenvalue weighted by molar-refractivity contribution is 0.951. The Balaban J connectivity index is 2.06. The Hall–Kier alpha value is -1.69. The first-order valence-corrected chi connectivity index (χ1v) is 6.20. The van der Waals surface area contributed by atoms with Gasteiger partial charge in [-0.15, -0.1) is 0 Å². The molecule has 0 fully saturated rings. The quantitative estimate of drug-likeness (QED) is 0.817. The van der Waals surface area contributed by atoms with Crippen LogP contribution < -0.4 is 5.32 Å². The molecular formula is C11H13N5S. The molecule has 0 unspecified atom stereocenters. The highest BCUT2D eigenvalue weighted by Gasteiger charge is 2.01. The van der Waals surface area contributed by atoms with Gasteiger partial charge < -0.3 is 5.32 Å². The Morgan fingerprint density at radius 2 is 2.12 bits per heavy atom. The molecule has 0 aliphatic carbocycles. The van der Waals surface area contributed by atoms with Gasteiger partial charge >= 0.3 is 0 Å². The smallest absolute Gasteiger partial charge is 0.130 e. The molecule has 0 aromatic carbocycles. The van der Waals surface area contributed by atoms with E-state index >= 15 is 0 Å². The summed E-state index contributed by atoms with van der Waals surface area (Å²) in [6, 6.07) is 1.91. The normalized spacial score (nSPS) is 10.2. The Morgan fingerprint density at radius 1 is 1.18 bits per heavy atom. The number of rotatable bonds is 5. The van der Waals surface area contributed by atoms with E-state index < -0.39 is 0 Å². The van der Waals surface area contributed by atoms with E-state index in [4.69, 9.17) is 0 Å². The average Bonchev–Trinajstić information content (AvgIpc) is 2.38. The van der Waals surface area contributed by atoms with Crippen LogP contribution in [0.25, 0.3) is 0 Å². The van der Waals surface area contributed by atoms with Crippen molar-refractivity contribution < 1.29 is 0 Å². The Labute approximate surface area is 104 Å². The van der Waals surface area contributed by atoms with Crippen molar-refractivity contribution in [2.24, 2.45) is 0 Å². The van der Waals surface area contributed by atoms with Gasteiger partial charge in [-0.1, -0.05) is 6.92 Å². The molecule has 0 bridgehead atoms. The number of aromatic nitrogens is 4. The van der Waals surface area contributed by atoms with Crippen molar-refractivity contribution in [3.05, 3.63) is 31.0 Å². The Kier molecular flexibility index (Phi) is 4.26. The summed E-state index contributed by atoms with van der Waals surface area (Å²) < 4.78 is 0. The summed E-state index contributed by atoms with van der Waals surface area (Å²) in [6.45, 7) is 3.02. The van der Waals surface area contributed by atoms with E-state index in [-0.39, 0.29) is 0 Å². The molecule has 5 nitrogen and oxygen atoms in total. The lowest BCUT2D eigenvalue weighted by Gasteiger charge is -2.04. The van der Waals surface area contributed by atoms with Crippen LogP contribution in [0.5, 0.6) is 0 Å². The van der Waals surface area contributed by atoms with Crippen LogP contribution in [0.15, 0.2) is 41.0 Å². The monoisotopic (exact) mass is 247 g/mol. The maximum Gasteiger partial charge on any atom is 0.130 e. The first kappa shape index (κ1) is 11.8. The van der Waals surface area contributed by atoms with Crippen molar-refractivity contribution >= 4 is 17.6 Å². The fourth-order valence-electron chi connectivity index (χ4n) is 1.19. The zero-order valence-electron chi connectivity index (χ0n) is 9.50. The molecule has 0 spiro atoms. The van der Waals surface area contributed by atoms with Crippen molar-refractivity contribution in [3.63, 3.8) is 0 Å². The molecule has 2 aromatic heterocycles. The number of anilines is 1. The molecule has 0 amide bonds. The van der Waals surface area contributed by atoms with Crippen LogP contribution in [0.4, 0.5) is 5.82 Å². The molecule has 0 aliphatic heterocycles. The van der Waals surface area contributed by atoms with E-state index in [0.717, 1.165) is 28.8 Å². The van der Waals surface area contributed by atoms with E-state index in [9.17, 15) is 0 Å². The molecule has 0 atom stereocenters. The van der Waals surface area contributed by atoms with Gasteiger partial charge in [0.2, 0.25) is 0 Å². The predicted octanol–water partition coefficient (Wildman–Crippen LogP) is 2.24. The minimum absolute atomic E-state index is 0.827. The van der Waals surface area contributed by atoms with Crippen molar-refractivity contribution in [3.8, 4) is 0 Å². The zero-order valence-corrected chi connectivity index (χ0v) is 10.3. The lowest BCUT2D eigenvalue weighted by Crippen LogP contribution is -2.02. The summed E-state index contributed by atoms with van der Waals surface area (Å²) in [5.74, 6) is 0.841. The van der Waals surface area contributed by atoms with Gasteiger partial charge in [0.25, 0.3) is 0 Å². The van der Waals surface area contributed by atoms with Crippen LogP contribution in [0, 0.1) is 0 Å². The molecule has 17 heavy (non-hydrogen) atoms. The number of nitrogens with zero attached hydrogens (tertiary/aromatic N) is 4. The second-order valence-corrected chi connectivity index (χ2v) is 4.35. The average molecular weight is 247 g/mol. The predicted molar refractivity (Wildman–Crippen MR) is 67.0 cm³/mol. The minimum atomic E-state index is 0.827. The highest BCUT2D eigenvalue weighted by molar-refractivity contribution is 7.99. The van der Waals surface area contributed by atoms with Crippen LogP contribution in [-0.2, 0) is 0 Å². The molecule has 0 aliphatic rings. The minimum Gasteiger partial charge on any atom is -0.370 e. The van der Waals surface area contributed by atoms with Crippen molar-refractivity contribution in [2.45, 2.75) is 23.4 Å². The van der Waals surface area contributed by atoms with Gasteiger partial charge in [0.1, 0.15) is 22.2 Å². The molecule has 0 radical (unpaired) electrons. The summed E-state index contributed by atoms with van der Waals surface area (Å²) in [5.41, 5.74) is 0. The molecule has 6 heteroatoms. The largest absolute Gasteiger partial charge is 0.370 e. The van der Waals surface area contributed by atoms with Gasteiger partial charge in [-0.25, -0.2) is 15.0 Å². The summed E-state index contributed by atoms with van der Waals surface area (Å²) in [7, 11) is 0. The standard InChI is InChI=1S/C11H13N5S/c1-2-3-13-9-6-10(16-8-15-9)17-11-7-12-4-5-14-11/h4-8H,2-3H2,1H3,(H,13,15,16). The van der Waals surface area contributed by atoms with Crippen molar-refractivity contribution in [1.82, 2.24) is 19.9 Å². The molecule has 0 saturated heterocycles. The van der Waals surface area contributed by atoms with Gasteiger partial charge in [0.05, 0.1) is 6.20 Å². The van der Waals surface area contributed by atoms with Gasteiger partial charge in [-0.05, 0) is 18.2 Å². The molecule has 88 valence electrons. The Bertz CT molecular complexity index is 462. The highest BCUT2D eigenvalue weighted by Crippen LogP contribution is 2.23. The highest BCUT2D eigenvalue weighted by atomic mass is 32.2. The maximum absolute atomic E-state index is 4.19. The number of nitrogens with one attached hydrogen (secondary N) is 1. The molecular weight excluding hydrogens is 234 g/mol. The number of hydrogen-bond donors (Lipinski definition) is 1. The van der Waals surface area contributed by atoms with Crippen LogP contribution in [0.1, 0.15) is 13.3 Å². The van der Waals surface area contributed by atoms with E-state index in [1.165, 1.54) is 11.8 Å². The summed E-state index contributed by atoms with van der Waals surface area (Å²) in [6.07, 6.45) is 7.65. The van der Waals surface area contributed by atoms with Gasteiger partial charge in [0, 0.05) is 25.0 Å². The molecule has 2 aromatic rings. The summed E-state index contributed by atoms with van der Waals surface area (Å²) in [4.78, 5) is 16.5. The molecule has 2 heterocycles. The third-order valence-electron chi connectivity index (χ3n) is 1.95. The van der Waals surface area contributed by atoms with Gasteiger partial charge in [0.15, 0.2) is 0 Å². The van der Waals surface area contributed by atoms with Crippen molar-refractivity contribution in [1.29, 1.82) is 0 Å². The third kappa shape index (κ3) is 3.67. The van der Waals surface area contributed by atoms with E-state index in [2.05, 4.69) is 32.2 Å². The van der Waals surface area contributed by atoms with E-state index in [1.807, 2.05) is 6.07 Å². The first-order chi connectivity index (χ1) is 8.38. The fourth-order valence-corrected chi connectivity index (χ4v) is 1.90. The third-order valence-corrected chi connectivity index (χ3v) is 2.80. The fraction of sp³-hybridized carbons (Fsp3) is 0.273. The van der Waals surface area contributed by atoms with Gasteiger partial charge in [-0.2, -0.15) is 0 Å². The van der Waals surface area contributed by atoms with Crippen LogP contribution >= 0.6 is 11.8 Å². The van der Waals surface area contributed by atoms with Crippen LogP contribution in [0.2, 0.25) is 0 Å². The summed E-state index contributed by atoms with van der Waals surface area (Å²) in [5, 5.41) is 4.91. The van der Waals surface area contributed by atoms with Crippen LogP contribution in [0.3, 0.4) is 0 Å². The second kappa shape index (κ2) is 6.15. The SMILES string of the molecule is CCCNc1cc(Sc2cnccn2)ncn1. The van der Waals surface area contributed by atoms with Crippen LogP contribution in [-0.4, -0.2) is 26.5 Å². The second-order valence-electron chi connectivity index (χ2n) is 3.31. The summed E-state index contributed by atoms with van der Waals surface area (Å²) >= 11 is 1.47. The van der Waals surface area contributed by atoms with Crippen molar-refractivity contribution in [2.75, 3.05) is 11.9 Å². The van der Waals surface area contributed by atoms with E-state index in [1.54, 1.807) is 24.9 Å². The molecule has 1 N–H and O–H groups in total. The zero-order chi connectivity index (χ0) is 11.9. The topological polar surface area (TPSA) is 63.6 Å². The molecule has 2 rings (SSSR count). The van der Waals surface area contributed by atoms with Gasteiger partial charge in [-0.3, -0.25) is 4.98 Å². The Morgan fingerprint density at radius 3 is 2.88 bits per heavy atom. The van der Waals surface area contributed by atoms with E-state index in [0.29, 0.717) is 0 Å². The maximum atomic E-state index is 4.19. The first-order valence-electron chi connectivity index (χ1n) is 5.38. The number of hydrogen-bond acceptors (Lipinski definition) is 6. The lowest BCUT2D eigenvalue weighted by atomic mass is 10.4.